The smallest absolute Gasteiger partial charge is 0.243 e. The average molecular weight is 242 g/mol. The second kappa shape index (κ2) is 5.43. The van der Waals surface area contributed by atoms with Gasteiger partial charge in [-0.05, 0) is 26.0 Å². The second-order valence-corrected chi connectivity index (χ2v) is 5.70. The van der Waals surface area contributed by atoms with Gasteiger partial charge in [-0.1, -0.05) is 18.2 Å². The number of hydrogen-bond donors (Lipinski definition) is 1. The van der Waals surface area contributed by atoms with Gasteiger partial charge in [0.05, 0.1) is 4.90 Å². The summed E-state index contributed by atoms with van der Waals surface area (Å²) >= 11 is 0. The molecule has 16 heavy (non-hydrogen) atoms. The molecule has 0 aromatic heterocycles. The van der Waals surface area contributed by atoms with Crippen molar-refractivity contribution in [3.8, 4) is 0 Å². The van der Waals surface area contributed by atoms with Crippen LogP contribution in [0.2, 0.25) is 0 Å². The highest BCUT2D eigenvalue weighted by molar-refractivity contribution is 7.89. The lowest BCUT2D eigenvalue weighted by molar-refractivity contribution is 0.361. The first-order valence-electron chi connectivity index (χ1n) is 5.27. The van der Waals surface area contributed by atoms with Gasteiger partial charge in [0.1, 0.15) is 0 Å². The monoisotopic (exact) mass is 242 g/mol. The predicted molar refractivity (Wildman–Crippen MR) is 64.5 cm³/mol. The summed E-state index contributed by atoms with van der Waals surface area (Å²) in [5.41, 5.74) is 5.44. The lowest BCUT2D eigenvalue weighted by Crippen LogP contribution is -2.40. The molecule has 0 aliphatic carbocycles. The summed E-state index contributed by atoms with van der Waals surface area (Å²) in [6.45, 7) is 4.35. The summed E-state index contributed by atoms with van der Waals surface area (Å²) < 4.78 is 25.9. The Hall–Kier alpha value is -0.910. The molecule has 0 radical (unpaired) electrons. The van der Waals surface area contributed by atoms with Crippen LogP contribution in [-0.4, -0.2) is 31.9 Å². The van der Waals surface area contributed by atoms with E-state index in [4.69, 9.17) is 5.73 Å². The van der Waals surface area contributed by atoms with Crippen molar-refractivity contribution in [3.05, 3.63) is 30.3 Å². The SMILES string of the molecule is CC(C)N(CCN)S(=O)(=O)c1ccccc1. The molecule has 1 aromatic rings. The molecule has 0 heterocycles. The van der Waals surface area contributed by atoms with Gasteiger partial charge in [-0.15, -0.1) is 0 Å². The van der Waals surface area contributed by atoms with E-state index in [1.54, 1.807) is 30.3 Å². The first-order chi connectivity index (χ1) is 7.50. The molecule has 0 spiro atoms. The Bertz CT molecular complexity index is 415. The molecule has 0 aliphatic heterocycles. The lowest BCUT2D eigenvalue weighted by atomic mass is 10.4. The highest BCUT2D eigenvalue weighted by Gasteiger charge is 2.25. The molecule has 0 saturated heterocycles. The van der Waals surface area contributed by atoms with Crippen molar-refractivity contribution in [1.29, 1.82) is 0 Å². The fraction of sp³-hybridized carbons (Fsp3) is 0.455. The summed E-state index contributed by atoms with van der Waals surface area (Å²) in [5, 5.41) is 0. The van der Waals surface area contributed by atoms with Gasteiger partial charge in [0, 0.05) is 19.1 Å². The van der Waals surface area contributed by atoms with Crippen LogP contribution in [0, 0.1) is 0 Å². The summed E-state index contributed by atoms with van der Waals surface area (Å²) in [6, 6.07) is 8.33. The minimum atomic E-state index is -3.41. The molecule has 1 aromatic carbocycles. The van der Waals surface area contributed by atoms with Crippen molar-refractivity contribution in [1.82, 2.24) is 4.31 Å². The third kappa shape index (κ3) is 2.81. The maximum Gasteiger partial charge on any atom is 0.243 e. The predicted octanol–water partition coefficient (Wildman–Crippen LogP) is 1.04. The van der Waals surface area contributed by atoms with Crippen molar-refractivity contribution in [3.63, 3.8) is 0 Å². The molecule has 0 atom stereocenters. The topological polar surface area (TPSA) is 63.4 Å². The summed E-state index contributed by atoms with van der Waals surface area (Å²) in [6.07, 6.45) is 0. The molecule has 4 nitrogen and oxygen atoms in total. The van der Waals surface area contributed by atoms with Crippen LogP contribution in [0.1, 0.15) is 13.8 Å². The van der Waals surface area contributed by atoms with E-state index in [0.717, 1.165) is 0 Å². The maximum atomic E-state index is 12.2. The first kappa shape index (κ1) is 13.2. The van der Waals surface area contributed by atoms with Gasteiger partial charge in [0.25, 0.3) is 0 Å². The number of sulfonamides is 1. The van der Waals surface area contributed by atoms with Gasteiger partial charge in [-0.3, -0.25) is 0 Å². The maximum absolute atomic E-state index is 12.2. The lowest BCUT2D eigenvalue weighted by Gasteiger charge is -2.25. The largest absolute Gasteiger partial charge is 0.329 e. The summed E-state index contributed by atoms with van der Waals surface area (Å²) in [7, 11) is -3.41. The van der Waals surface area contributed by atoms with E-state index in [1.165, 1.54) is 4.31 Å². The van der Waals surface area contributed by atoms with E-state index in [2.05, 4.69) is 0 Å². The summed E-state index contributed by atoms with van der Waals surface area (Å²) in [4.78, 5) is 0.317. The molecule has 2 N–H and O–H groups in total. The Morgan fingerprint density at radius 1 is 1.25 bits per heavy atom. The van der Waals surface area contributed by atoms with Gasteiger partial charge in [0.2, 0.25) is 10.0 Å². The van der Waals surface area contributed by atoms with E-state index < -0.39 is 10.0 Å². The van der Waals surface area contributed by atoms with E-state index in [1.807, 2.05) is 13.8 Å². The Balaban J connectivity index is 3.09. The zero-order chi connectivity index (χ0) is 12.2. The first-order valence-corrected chi connectivity index (χ1v) is 6.71. The molecule has 0 amide bonds. The van der Waals surface area contributed by atoms with Crippen molar-refractivity contribution in [2.24, 2.45) is 5.73 Å². The van der Waals surface area contributed by atoms with Crippen LogP contribution in [0.15, 0.2) is 35.2 Å². The van der Waals surface area contributed by atoms with Gasteiger partial charge in [-0.25, -0.2) is 8.42 Å². The third-order valence-electron chi connectivity index (χ3n) is 2.28. The zero-order valence-corrected chi connectivity index (χ0v) is 10.4. The fourth-order valence-corrected chi connectivity index (χ4v) is 3.18. The highest BCUT2D eigenvalue weighted by Crippen LogP contribution is 2.16. The van der Waals surface area contributed by atoms with Gasteiger partial charge >= 0.3 is 0 Å². The van der Waals surface area contributed by atoms with Crippen molar-refractivity contribution in [2.75, 3.05) is 13.1 Å². The van der Waals surface area contributed by atoms with Crippen LogP contribution >= 0.6 is 0 Å². The van der Waals surface area contributed by atoms with Crippen LogP contribution in [0.5, 0.6) is 0 Å². The molecule has 0 aliphatic rings. The van der Waals surface area contributed by atoms with Crippen molar-refractivity contribution >= 4 is 10.0 Å². The minimum Gasteiger partial charge on any atom is -0.329 e. The Kier molecular flexibility index (Phi) is 4.46. The minimum absolute atomic E-state index is 0.0891. The number of nitrogens with zero attached hydrogens (tertiary/aromatic N) is 1. The Morgan fingerprint density at radius 3 is 2.25 bits per heavy atom. The standard InChI is InChI=1S/C11H18N2O2S/c1-10(2)13(9-8-12)16(14,15)11-6-4-3-5-7-11/h3-7,10H,8-9,12H2,1-2H3. The molecule has 5 heteroatoms. The average Bonchev–Trinajstić information content (AvgIpc) is 2.26. The Morgan fingerprint density at radius 2 is 1.81 bits per heavy atom. The van der Waals surface area contributed by atoms with Crippen LogP contribution in [0.25, 0.3) is 0 Å². The zero-order valence-electron chi connectivity index (χ0n) is 9.63. The number of hydrogen-bond acceptors (Lipinski definition) is 3. The van der Waals surface area contributed by atoms with E-state index >= 15 is 0 Å². The molecule has 0 bridgehead atoms. The summed E-state index contributed by atoms with van der Waals surface area (Å²) in [5.74, 6) is 0. The molecule has 0 saturated carbocycles. The third-order valence-corrected chi connectivity index (χ3v) is 4.36. The fourth-order valence-electron chi connectivity index (χ4n) is 1.51. The van der Waals surface area contributed by atoms with E-state index in [-0.39, 0.29) is 6.04 Å². The van der Waals surface area contributed by atoms with Crippen molar-refractivity contribution < 1.29 is 8.42 Å². The van der Waals surface area contributed by atoms with E-state index in [0.29, 0.717) is 18.0 Å². The number of benzene rings is 1. The molecular weight excluding hydrogens is 224 g/mol. The highest BCUT2D eigenvalue weighted by atomic mass is 32.2. The van der Waals surface area contributed by atoms with Gasteiger partial charge in [0.15, 0.2) is 0 Å². The van der Waals surface area contributed by atoms with Crippen LogP contribution in [0.3, 0.4) is 0 Å². The van der Waals surface area contributed by atoms with Crippen molar-refractivity contribution in [2.45, 2.75) is 24.8 Å². The van der Waals surface area contributed by atoms with Crippen LogP contribution in [-0.2, 0) is 10.0 Å². The normalized spacial score (nSPS) is 12.3. The van der Waals surface area contributed by atoms with Crippen LogP contribution in [0.4, 0.5) is 0 Å². The van der Waals surface area contributed by atoms with E-state index in [9.17, 15) is 8.42 Å². The molecular formula is C11H18N2O2S. The molecule has 0 fully saturated rings. The van der Waals surface area contributed by atoms with Gasteiger partial charge < -0.3 is 5.73 Å². The van der Waals surface area contributed by atoms with Crippen LogP contribution < -0.4 is 5.73 Å². The number of nitrogens with two attached hydrogens (primary N) is 1. The van der Waals surface area contributed by atoms with Gasteiger partial charge in [-0.2, -0.15) is 4.31 Å². The Labute approximate surface area is 97.1 Å². The molecule has 1 rings (SSSR count). The quantitative estimate of drug-likeness (QED) is 0.839. The molecule has 90 valence electrons. The second-order valence-electron chi connectivity index (χ2n) is 3.81. The molecule has 0 unspecified atom stereocenters. The number of rotatable bonds is 5.